The summed E-state index contributed by atoms with van der Waals surface area (Å²) in [5.74, 6) is -5.53. The quantitative estimate of drug-likeness (QED) is 0.321. The van der Waals surface area contributed by atoms with Gasteiger partial charge in [0.25, 0.3) is 0 Å². The fourth-order valence-electron chi connectivity index (χ4n) is 2.80. The van der Waals surface area contributed by atoms with Crippen LogP contribution in [0.15, 0.2) is 66.7 Å². The Morgan fingerprint density at radius 1 is 0.607 bits per heavy atom. The van der Waals surface area contributed by atoms with Gasteiger partial charge >= 0.3 is 6.08 Å². The van der Waals surface area contributed by atoms with Gasteiger partial charge < -0.3 is 0 Å². The first kappa shape index (κ1) is 19.7. The number of rotatable bonds is 5. The van der Waals surface area contributed by atoms with E-state index in [9.17, 15) is 26.3 Å². The molecule has 3 rings (SSSR count). The minimum absolute atomic E-state index is 0.174. The predicted molar refractivity (Wildman–Crippen MR) is 95.8 cm³/mol. The van der Waals surface area contributed by atoms with Gasteiger partial charge in [0.15, 0.2) is 23.3 Å². The molecule has 0 aliphatic carbocycles. The van der Waals surface area contributed by atoms with Crippen molar-refractivity contribution in [2.24, 2.45) is 0 Å². The second-order valence-electron chi connectivity index (χ2n) is 6.22. The number of benzene rings is 3. The van der Waals surface area contributed by atoms with Crippen molar-refractivity contribution < 1.29 is 26.3 Å². The summed E-state index contributed by atoms with van der Waals surface area (Å²) < 4.78 is 77.4. The molecular formula is C22H14F6. The minimum Gasteiger partial charge on any atom is -0.204 e. The van der Waals surface area contributed by atoms with Crippen LogP contribution in [0.4, 0.5) is 26.3 Å². The van der Waals surface area contributed by atoms with Crippen molar-refractivity contribution in [2.75, 3.05) is 0 Å². The van der Waals surface area contributed by atoms with Crippen LogP contribution in [-0.2, 0) is 12.8 Å². The molecule has 0 saturated heterocycles. The second-order valence-corrected chi connectivity index (χ2v) is 6.22. The molecule has 28 heavy (non-hydrogen) atoms. The van der Waals surface area contributed by atoms with Crippen LogP contribution in [0.3, 0.4) is 0 Å². The van der Waals surface area contributed by atoms with E-state index in [-0.39, 0.29) is 11.1 Å². The molecule has 0 saturated carbocycles. The number of halogens is 6. The van der Waals surface area contributed by atoms with E-state index < -0.39 is 29.4 Å². The summed E-state index contributed by atoms with van der Waals surface area (Å²) in [4.78, 5) is 0. The van der Waals surface area contributed by atoms with Crippen molar-refractivity contribution >= 4 is 5.83 Å². The van der Waals surface area contributed by atoms with E-state index in [2.05, 4.69) is 0 Å². The summed E-state index contributed by atoms with van der Waals surface area (Å²) in [7, 11) is 0. The second kappa shape index (κ2) is 8.33. The number of hydrogen-bond donors (Lipinski definition) is 0. The molecule has 3 aromatic rings. The summed E-state index contributed by atoms with van der Waals surface area (Å²) >= 11 is 0. The molecule has 0 aromatic heterocycles. The Bertz CT molecular complexity index is 977. The van der Waals surface area contributed by atoms with Crippen LogP contribution in [0.25, 0.3) is 17.0 Å². The molecule has 0 radical (unpaired) electrons. The molecule has 0 spiro atoms. The normalized spacial score (nSPS) is 10.8. The molecule has 6 heteroatoms. The third-order valence-corrected chi connectivity index (χ3v) is 4.35. The van der Waals surface area contributed by atoms with Crippen molar-refractivity contribution in [2.45, 2.75) is 12.8 Å². The van der Waals surface area contributed by atoms with Crippen molar-refractivity contribution in [1.29, 1.82) is 0 Å². The molecule has 0 nitrogen and oxygen atoms in total. The van der Waals surface area contributed by atoms with Crippen LogP contribution in [0, 0.1) is 17.5 Å². The number of aryl methyl sites for hydroxylation is 2. The maximum Gasteiger partial charge on any atom is 0.306 e. The highest BCUT2D eigenvalue weighted by atomic mass is 19.3. The van der Waals surface area contributed by atoms with E-state index in [4.69, 9.17) is 0 Å². The molecule has 144 valence electrons. The Labute approximate surface area is 157 Å². The molecule has 0 amide bonds. The molecule has 0 bridgehead atoms. The smallest absolute Gasteiger partial charge is 0.204 e. The summed E-state index contributed by atoms with van der Waals surface area (Å²) in [6.45, 7) is 0. The Morgan fingerprint density at radius 3 is 1.54 bits per heavy atom. The molecule has 3 aromatic carbocycles. The fraction of sp³-hybridized carbons (Fsp3) is 0.0909. The zero-order valence-corrected chi connectivity index (χ0v) is 14.5. The van der Waals surface area contributed by atoms with Crippen LogP contribution >= 0.6 is 0 Å². The van der Waals surface area contributed by atoms with Crippen LogP contribution in [0.5, 0.6) is 0 Å². The Kier molecular flexibility index (Phi) is 5.87. The van der Waals surface area contributed by atoms with Gasteiger partial charge in [0.1, 0.15) is 0 Å². The van der Waals surface area contributed by atoms with Gasteiger partial charge in [-0.05, 0) is 47.2 Å². The number of hydrogen-bond acceptors (Lipinski definition) is 0. The van der Waals surface area contributed by atoms with Gasteiger partial charge in [-0.15, -0.1) is 0 Å². The van der Waals surface area contributed by atoms with Crippen molar-refractivity contribution in [3.05, 3.63) is 101 Å². The van der Waals surface area contributed by atoms with E-state index in [1.54, 1.807) is 36.4 Å². The molecule has 0 aliphatic rings. The Balaban J connectivity index is 1.67. The van der Waals surface area contributed by atoms with Crippen LogP contribution in [0.1, 0.15) is 16.7 Å². The lowest BCUT2D eigenvalue weighted by atomic mass is 9.99. The van der Waals surface area contributed by atoms with Gasteiger partial charge in [0.2, 0.25) is 0 Å². The summed E-state index contributed by atoms with van der Waals surface area (Å²) in [5, 5.41) is 0. The highest BCUT2D eigenvalue weighted by Gasteiger charge is 2.12. The largest absolute Gasteiger partial charge is 0.306 e. The highest BCUT2D eigenvalue weighted by molar-refractivity contribution is 5.64. The van der Waals surface area contributed by atoms with Gasteiger partial charge in [-0.3, -0.25) is 0 Å². The van der Waals surface area contributed by atoms with Crippen molar-refractivity contribution in [3.8, 4) is 11.1 Å². The summed E-state index contributed by atoms with van der Waals surface area (Å²) in [6.07, 6.45) is -1.13. The Morgan fingerprint density at radius 2 is 1.07 bits per heavy atom. The van der Waals surface area contributed by atoms with Gasteiger partial charge in [0.05, 0.1) is 0 Å². The maximum absolute atomic E-state index is 13.4. The molecule has 0 N–H and O–H groups in total. The lowest BCUT2D eigenvalue weighted by Crippen LogP contribution is -1.93. The third kappa shape index (κ3) is 4.44. The molecule has 0 aliphatic heterocycles. The van der Waals surface area contributed by atoms with E-state index >= 15 is 0 Å². The fourth-order valence-corrected chi connectivity index (χ4v) is 2.80. The third-order valence-electron chi connectivity index (χ3n) is 4.35. The monoisotopic (exact) mass is 392 g/mol. The summed E-state index contributed by atoms with van der Waals surface area (Å²) in [6, 6.07) is 14.5. The van der Waals surface area contributed by atoms with Gasteiger partial charge in [0, 0.05) is 5.56 Å². The zero-order chi connectivity index (χ0) is 20.3. The molecule has 0 fully saturated rings. The molecular weight excluding hydrogens is 378 g/mol. The SMILES string of the molecule is FC(F)=C(F)c1ccc(CCc2ccc(-c3cc(F)c(F)c(F)c3)cc2)cc1. The van der Waals surface area contributed by atoms with Crippen LogP contribution in [0.2, 0.25) is 0 Å². The molecule has 0 atom stereocenters. The predicted octanol–water partition coefficient (Wildman–Crippen LogP) is 7.09. The first-order valence-electron chi connectivity index (χ1n) is 8.39. The first-order valence-corrected chi connectivity index (χ1v) is 8.39. The minimum atomic E-state index is -2.35. The van der Waals surface area contributed by atoms with Crippen LogP contribution in [-0.4, -0.2) is 0 Å². The average molecular weight is 392 g/mol. The standard InChI is InChI=1S/C22H14F6/c23-18-11-17(12-19(24)21(18)26)15-7-3-13(4-8-15)1-2-14-5-9-16(10-6-14)20(25)22(27)28/h3-12H,1-2H2. The lowest BCUT2D eigenvalue weighted by Gasteiger charge is -2.07. The Hall–Kier alpha value is -3.02. The zero-order valence-electron chi connectivity index (χ0n) is 14.5. The maximum atomic E-state index is 13.4. The molecule has 0 heterocycles. The first-order chi connectivity index (χ1) is 13.3. The van der Waals surface area contributed by atoms with E-state index in [1.807, 2.05) is 0 Å². The highest BCUT2D eigenvalue weighted by Crippen LogP contribution is 2.25. The van der Waals surface area contributed by atoms with E-state index in [0.29, 0.717) is 18.4 Å². The topological polar surface area (TPSA) is 0 Å². The van der Waals surface area contributed by atoms with Crippen LogP contribution < -0.4 is 0 Å². The van der Waals surface area contributed by atoms with Crippen molar-refractivity contribution in [1.82, 2.24) is 0 Å². The van der Waals surface area contributed by atoms with Gasteiger partial charge in [-0.2, -0.15) is 8.78 Å². The average Bonchev–Trinajstić information content (AvgIpc) is 2.70. The van der Waals surface area contributed by atoms with Gasteiger partial charge in [-0.1, -0.05) is 48.5 Å². The summed E-state index contributed by atoms with van der Waals surface area (Å²) in [5.41, 5.74) is 2.39. The van der Waals surface area contributed by atoms with Gasteiger partial charge in [-0.25, -0.2) is 17.6 Å². The van der Waals surface area contributed by atoms with E-state index in [1.165, 1.54) is 12.1 Å². The lowest BCUT2D eigenvalue weighted by molar-refractivity contribution is 0.410. The van der Waals surface area contributed by atoms with E-state index in [0.717, 1.165) is 23.3 Å². The molecule has 0 unspecified atom stereocenters. The van der Waals surface area contributed by atoms with Crippen molar-refractivity contribution in [3.63, 3.8) is 0 Å².